The molecule has 0 spiro atoms. The van der Waals surface area contributed by atoms with Gasteiger partial charge in [0, 0.05) is 22.5 Å². The van der Waals surface area contributed by atoms with E-state index in [4.69, 9.17) is 0 Å². The van der Waals surface area contributed by atoms with Crippen molar-refractivity contribution in [3.05, 3.63) is 95.6 Å². The fraction of sp³-hybridized carbons (Fsp3) is 0.0526. The van der Waals surface area contributed by atoms with E-state index in [0.717, 1.165) is 28.1 Å². The molecule has 3 aromatic rings. The highest BCUT2D eigenvalue weighted by molar-refractivity contribution is 5.77. The highest BCUT2D eigenvalue weighted by Gasteiger charge is 2.40. The van der Waals surface area contributed by atoms with Crippen molar-refractivity contribution < 1.29 is 5.11 Å². The van der Waals surface area contributed by atoms with E-state index in [1.54, 1.807) is 0 Å². The minimum absolute atomic E-state index is 0.881. The maximum absolute atomic E-state index is 11.6. The number of anilines is 2. The summed E-state index contributed by atoms with van der Waals surface area (Å²) in [6.45, 7) is 0. The number of nitrogens with one attached hydrogen (secondary N) is 1. The van der Waals surface area contributed by atoms with E-state index in [9.17, 15) is 5.11 Å². The Bertz CT molecular complexity index is 750. The highest BCUT2D eigenvalue weighted by atomic mass is 16.3. The van der Waals surface area contributed by atoms with Crippen LogP contribution in [0.5, 0.6) is 0 Å². The second-order valence-corrected chi connectivity index (χ2v) is 5.29. The molecular formula is C19H15NO. The predicted molar refractivity (Wildman–Crippen MR) is 84.7 cm³/mol. The number of hydrogen-bond acceptors (Lipinski definition) is 2. The molecule has 0 aromatic heterocycles. The monoisotopic (exact) mass is 273 g/mol. The Balaban J connectivity index is 2.06. The van der Waals surface area contributed by atoms with E-state index in [1.807, 2.05) is 78.9 Å². The number of fused-ring (bicyclic) bond motifs is 2. The van der Waals surface area contributed by atoms with Gasteiger partial charge in [-0.1, -0.05) is 66.7 Å². The smallest absolute Gasteiger partial charge is 0.144 e. The van der Waals surface area contributed by atoms with Crippen LogP contribution in [-0.2, 0) is 5.60 Å². The van der Waals surface area contributed by atoms with Crippen LogP contribution in [0.4, 0.5) is 11.4 Å². The Morgan fingerprint density at radius 3 is 1.67 bits per heavy atom. The maximum atomic E-state index is 11.6. The minimum atomic E-state index is -1.13. The molecule has 0 aliphatic carbocycles. The highest BCUT2D eigenvalue weighted by Crippen LogP contribution is 2.47. The third-order valence-electron chi connectivity index (χ3n) is 4.09. The van der Waals surface area contributed by atoms with Crippen molar-refractivity contribution in [2.75, 3.05) is 5.32 Å². The van der Waals surface area contributed by atoms with Crippen molar-refractivity contribution in [3.63, 3.8) is 0 Å². The first-order valence-corrected chi connectivity index (χ1v) is 7.04. The summed E-state index contributed by atoms with van der Waals surface area (Å²) < 4.78 is 0. The molecule has 0 saturated heterocycles. The van der Waals surface area contributed by atoms with Gasteiger partial charge in [0.15, 0.2) is 0 Å². The van der Waals surface area contributed by atoms with Crippen molar-refractivity contribution in [1.82, 2.24) is 0 Å². The Morgan fingerprint density at radius 1 is 0.619 bits per heavy atom. The number of rotatable bonds is 1. The third-order valence-corrected chi connectivity index (χ3v) is 4.09. The Labute approximate surface area is 123 Å². The van der Waals surface area contributed by atoms with Crippen LogP contribution in [0.15, 0.2) is 78.9 Å². The first-order valence-electron chi connectivity index (χ1n) is 7.04. The topological polar surface area (TPSA) is 32.3 Å². The van der Waals surface area contributed by atoms with Crippen LogP contribution in [0, 0.1) is 0 Å². The van der Waals surface area contributed by atoms with Gasteiger partial charge < -0.3 is 10.4 Å². The summed E-state index contributed by atoms with van der Waals surface area (Å²) in [7, 11) is 0. The minimum Gasteiger partial charge on any atom is -0.376 e. The van der Waals surface area contributed by atoms with E-state index in [0.29, 0.717) is 0 Å². The lowest BCUT2D eigenvalue weighted by atomic mass is 9.77. The summed E-state index contributed by atoms with van der Waals surface area (Å²) in [6.07, 6.45) is 0. The van der Waals surface area contributed by atoms with Gasteiger partial charge in [-0.3, -0.25) is 0 Å². The Kier molecular flexibility index (Phi) is 2.59. The third kappa shape index (κ3) is 1.70. The Morgan fingerprint density at radius 2 is 1.10 bits per heavy atom. The van der Waals surface area contributed by atoms with Gasteiger partial charge in [-0.2, -0.15) is 0 Å². The molecule has 1 aliphatic rings. The number of aliphatic hydroxyl groups is 1. The van der Waals surface area contributed by atoms with Crippen molar-refractivity contribution in [2.45, 2.75) is 5.60 Å². The lowest BCUT2D eigenvalue weighted by Gasteiger charge is -2.37. The quantitative estimate of drug-likeness (QED) is 0.701. The fourth-order valence-corrected chi connectivity index (χ4v) is 3.10. The molecule has 2 N–H and O–H groups in total. The molecular weight excluding hydrogens is 258 g/mol. The standard InChI is InChI=1S/C19H15NO/c21-19(14-8-2-1-3-9-14)15-10-4-6-12-17(15)20-18-13-7-5-11-16(18)19/h1-13,20-21H. The zero-order valence-electron chi connectivity index (χ0n) is 11.5. The SMILES string of the molecule is OC1(c2ccccc2)c2ccccc2Nc2ccccc21. The van der Waals surface area contributed by atoms with Crippen LogP contribution < -0.4 is 5.32 Å². The van der Waals surface area contributed by atoms with Gasteiger partial charge in [-0.15, -0.1) is 0 Å². The summed E-state index contributed by atoms with van der Waals surface area (Å²) in [5, 5.41) is 15.0. The summed E-state index contributed by atoms with van der Waals surface area (Å²) in [5.41, 5.74) is 3.42. The first-order chi connectivity index (χ1) is 10.3. The van der Waals surface area contributed by atoms with Gasteiger partial charge in [0.1, 0.15) is 5.60 Å². The average Bonchev–Trinajstić information content (AvgIpc) is 2.56. The molecule has 0 fully saturated rings. The molecule has 0 bridgehead atoms. The van der Waals surface area contributed by atoms with Crippen LogP contribution in [0.2, 0.25) is 0 Å². The van der Waals surface area contributed by atoms with E-state index >= 15 is 0 Å². The number of benzene rings is 3. The second kappa shape index (κ2) is 4.47. The van der Waals surface area contributed by atoms with Gasteiger partial charge in [-0.25, -0.2) is 0 Å². The van der Waals surface area contributed by atoms with E-state index in [-0.39, 0.29) is 0 Å². The molecule has 21 heavy (non-hydrogen) atoms. The zero-order valence-corrected chi connectivity index (χ0v) is 11.5. The van der Waals surface area contributed by atoms with Gasteiger partial charge in [0.05, 0.1) is 0 Å². The normalized spacial score (nSPS) is 14.7. The molecule has 2 nitrogen and oxygen atoms in total. The van der Waals surface area contributed by atoms with Crippen molar-refractivity contribution in [3.8, 4) is 0 Å². The Hall–Kier alpha value is -2.58. The molecule has 0 saturated carbocycles. The average molecular weight is 273 g/mol. The summed E-state index contributed by atoms with van der Waals surface area (Å²) in [6, 6.07) is 25.7. The second-order valence-electron chi connectivity index (χ2n) is 5.29. The maximum Gasteiger partial charge on any atom is 0.144 e. The summed E-state index contributed by atoms with van der Waals surface area (Å²) >= 11 is 0. The lowest BCUT2D eigenvalue weighted by molar-refractivity contribution is 0.126. The molecule has 0 unspecified atom stereocenters. The molecule has 0 amide bonds. The predicted octanol–water partition coefficient (Wildman–Crippen LogP) is 4.03. The molecule has 0 atom stereocenters. The first kappa shape index (κ1) is 12.2. The van der Waals surface area contributed by atoms with Crippen LogP contribution in [-0.4, -0.2) is 5.11 Å². The summed E-state index contributed by atoms with van der Waals surface area (Å²) in [5.74, 6) is 0. The molecule has 3 aromatic carbocycles. The fourth-order valence-electron chi connectivity index (χ4n) is 3.10. The number of para-hydroxylation sites is 2. The van der Waals surface area contributed by atoms with Gasteiger partial charge in [0.25, 0.3) is 0 Å². The summed E-state index contributed by atoms with van der Waals surface area (Å²) in [4.78, 5) is 0. The van der Waals surface area contributed by atoms with Crippen LogP contribution >= 0.6 is 0 Å². The zero-order chi connectivity index (χ0) is 14.3. The van der Waals surface area contributed by atoms with E-state index in [1.165, 1.54) is 0 Å². The van der Waals surface area contributed by atoms with Gasteiger partial charge in [0.2, 0.25) is 0 Å². The van der Waals surface area contributed by atoms with Crippen LogP contribution in [0.25, 0.3) is 0 Å². The molecule has 102 valence electrons. The molecule has 1 heterocycles. The largest absolute Gasteiger partial charge is 0.376 e. The van der Waals surface area contributed by atoms with Crippen LogP contribution in [0.3, 0.4) is 0 Å². The lowest BCUT2D eigenvalue weighted by Crippen LogP contribution is -2.33. The van der Waals surface area contributed by atoms with Crippen LogP contribution in [0.1, 0.15) is 16.7 Å². The molecule has 1 aliphatic heterocycles. The van der Waals surface area contributed by atoms with Gasteiger partial charge in [-0.05, 0) is 17.7 Å². The van der Waals surface area contributed by atoms with Crippen molar-refractivity contribution in [2.24, 2.45) is 0 Å². The molecule has 2 heteroatoms. The van der Waals surface area contributed by atoms with E-state index in [2.05, 4.69) is 5.32 Å². The molecule has 0 radical (unpaired) electrons. The number of hydrogen-bond donors (Lipinski definition) is 2. The van der Waals surface area contributed by atoms with Crippen molar-refractivity contribution in [1.29, 1.82) is 0 Å². The van der Waals surface area contributed by atoms with Gasteiger partial charge >= 0.3 is 0 Å². The molecule has 4 rings (SSSR count). The van der Waals surface area contributed by atoms with E-state index < -0.39 is 5.60 Å². The van der Waals surface area contributed by atoms with Crippen molar-refractivity contribution >= 4 is 11.4 Å².